The number of amides is 1. The number of pyridine rings is 1. The van der Waals surface area contributed by atoms with Crippen molar-refractivity contribution in [3.63, 3.8) is 0 Å². The van der Waals surface area contributed by atoms with Crippen molar-refractivity contribution in [1.29, 1.82) is 0 Å². The van der Waals surface area contributed by atoms with E-state index in [1.807, 2.05) is 6.07 Å². The van der Waals surface area contributed by atoms with Gasteiger partial charge in [0.25, 0.3) is 5.91 Å². The lowest BCUT2D eigenvalue weighted by Crippen LogP contribution is -2.13. The summed E-state index contributed by atoms with van der Waals surface area (Å²) in [4.78, 5) is 32.9. The molecule has 9 heteroatoms. The summed E-state index contributed by atoms with van der Waals surface area (Å²) >= 11 is 8.43. The minimum Gasteiger partial charge on any atom is -0.465 e. The van der Waals surface area contributed by atoms with E-state index in [4.69, 9.17) is 11.6 Å². The first-order valence-corrected chi connectivity index (χ1v) is 8.71. The number of carbonyl (C=O) groups is 2. The van der Waals surface area contributed by atoms with Gasteiger partial charge in [-0.15, -0.1) is 22.7 Å². The van der Waals surface area contributed by atoms with Gasteiger partial charge in [0, 0.05) is 18.0 Å². The molecule has 3 heterocycles. The molecule has 0 saturated carbocycles. The molecular weight excluding hydrogens is 370 g/mol. The van der Waals surface area contributed by atoms with Crippen LogP contribution in [0.3, 0.4) is 0 Å². The topological polar surface area (TPSA) is 81.2 Å². The fraction of sp³-hybridized carbons (Fsp3) is 0.0667. The number of hydrogen-bond donors (Lipinski definition) is 1. The largest absolute Gasteiger partial charge is 0.465 e. The van der Waals surface area contributed by atoms with Crippen molar-refractivity contribution in [2.24, 2.45) is 0 Å². The van der Waals surface area contributed by atoms with Gasteiger partial charge in [-0.2, -0.15) is 0 Å². The lowest BCUT2D eigenvalue weighted by atomic mass is 10.3. The van der Waals surface area contributed by atoms with Crippen LogP contribution in [0.25, 0.3) is 10.6 Å². The van der Waals surface area contributed by atoms with Crippen LogP contribution in [-0.4, -0.2) is 29.0 Å². The van der Waals surface area contributed by atoms with Gasteiger partial charge in [0.1, 0.15) is 14.8 Å². The molecule has 0 aliphatic rings. The quantitative estimate of drug-likeness (QED) is 0.694. The van der Waals surface area contributed by atoms with Gasteiger partial charge >= 0.3 is 5.97 Å². The van der Waals surface area contributed by atoms with Gasteiger partial charge in [-0.1, -0.05) is 11.6 Å². The molecular formula is C15H10ClN3O3S2. The summed E-state index contributed by atoms with van der Waals surface area (Å²) in [5.41, 5.74) is 1.15. The Labute approximate surface area is 150 Å². The Hall–Kier alpha value is -2.29. The number of nitrogens with one attached hydrogen (secondary N) is 1. The van der Waals surface area contributed by atoms with Crippen LogP contribution in [0.5, 0.6) is 0 Å². The molecule has 1 amide bonds. The van der Waals surface area contributed by atoms with Crippen LogP contribution in [-0.2, 0) is 4.74 Å². The van der Waals surface area contributed by atoms with Crippen LogP contribution in [0, 0.1) is 0 Å². The van der Waals surface area contributed by atoms with Crippen molar-refractivity contribution in [2.45, 2.75) is 0 Å². The number of thiophene rings is 1. The third-order valence-electron chi connectivity index (χ3n) is 2.98. The Morgan fingerprint density at radius 3 is 2.83 bits per heavy atom. The van der Waals surface area contributed by atoms with Gasteiger partial charge < -0.3 is 10.1 Å². The van der Waals surface area contributed by atoms with Crippen molar-refractivity contribution < 1.29 is 14.3 Å². The van der Waals surface area contributed by atoms with Crippen LogP contribution in [0.1, 0.15) is 19.3 Å². The van der Waals surface area contributed by atoms with Gasteiger partial charge in [-0.25, -0.2) is 9.78 Å². The minimum absolute atomic E-state index is 0.103. The van der Waals surface area contributed by atoms with Crippen LogP contribution < -0.4 is 5.32 Å². The number of anilines is 1. The molecule has 24 heavy (non-hydrogen) atoms. The van der Waals surface area contributed by atoms with Crippen LogP contribution in [0.15, 0.2) is 36.0 Å². The van der Waals surface area contributed by atoms with Crippen molar-refractivity contribution in [3.05, 3.63) is 50.9 Å². The number of methoxy groups -OCH3 is 1. The molecule has 0 unspecified atom stereocenters. The van der Waals surface area contributed by atoms with E-state index >= 15 is 0 Å². The second kappa shape index (κ2) is 7.08. The SMILES string of the molecule is COC(=O)c1sccc1NC(=O)c1sc(-c2cccnc2)nc1Cl. The molecule has 0 atom stereocenters. The smallest absolute Gasteiger partial charge is 0.350 e. The molecule has 0 aliphatic carbocycles. The van der Waals surface area contributed by atoms with E-state index < -0.39 is 11.9 Å². The van der Waals surface area contributed by atoms with Crippen LogP contribution >= 0.6 is 34.3 Å². The molecule has 0 spiro atoms. The number of hydrogen-bond acceptors (Lipinski definition) is 7. The Kier molecular flexibility index (Phi) is 4.89. The maximum Gasteiger partial charge on any atom is 0.350 e. The molecule has 1 N–H and O–H groups in total. The lowest BCUT2D eigenvalue weighted by Gasteiger charge is -2.04. The first-order valence-electron chi connectivity index (χ1n) is 6.64. The number of rotatable bonds is 4. The molecule has 3 aromatic rings. The number of ether oxygens (including phenoxy) is 1. The molecule has 0 aromatic carbocycles. The van der Waals surface area contributed by atoms with E-state index in [-0.39, 0.29) is 10.0 Å². The molecule has 6 nitrogen and oxygen atoms in total. The number of halogens is 1. The summed E-state index contributed by atoms with van der Waals surface area (Å²) in [5, 5.41) is 5.06. The van der Waals surface area contributed by atoms with Gasteiger partial charge in [0.15, 0.2) is 5.15 Å². The fourth-order valence-electron chi connectivity index (χ4n) is 1.89. The van der Waals surface area contributed by atoms with Gasteiger partial charge in [-0.3, -0.25) is 9.78 Å². The van der Waals surface area contributed by atoms with Crippen molar-refractivity contribution >= 4 is 51.8 Å². The Balaban J connectivity index is 1.85. The number of esters is 1. The molecule has 122 valence electrons. The molecule has 0 fully saturated rings. The Morgan fingerprint density at radius 1 is 1.29 bits per heavy atom. The lowest BCUT2D eigenvalue weighted by molar-refractivity contribution is 0.0607. The molecule has 0 saturated heterocycles. The zero-order chi connectivity index (χ0) is 17.1. The third-order valence-corrected chi connectivity index (χ3v) is 5.37. The maximum atomic E-state index is 12.5. The highest BCUT2D eigenvalue weighted by molar-refractivity contribution is 7.17. The number of carbonyl (C=O) groups excluding carboxylic acids is 2. The van der Waals surface area contributed by atoms with E-state index in [2.05, 4.69) is 20.0 Å². The molecule has 0 radical (unpaired) electrons. The Morgan fingerprint density at radius 2 is 2.12 bits per heavy atom. The van der Waals surface area contributed by atoms with Crippen molar-refractivity contribution in [3.8, 4) is 10.6 Å². The van der Waals surface area contributed by atoms with E-state index in [1.54, 1.807) is 29.9 Å². The highest BCUT2D eigenvalue weighted by atomic mass is 35.5. The third kappa shape index (κ3) is 3.30. The summed E-state index contributed by atoms with van der Waals surface area (Å²) in [7, 11) is 1.29. The van der Waals surface area contributed by atoms with Crippen LogP contribution in [0.4, 0.5) is 5.69 Å². The van der Waals surface area contributed by atoms with E-state index in [0.29, 0.717) is 15.6 Å². The monoisotopic (exact) mass is 379 g/mol. The van der Waals surface area contributed by atoms with E-state index in [9.17, 15) is 9.59 Å². The standard InChI is InChI=1S/C15H10ClN3O3S2/c1-22-15(21)10-9(4-6-23-10)18-13(20)11-12(16)19-14(24-11)8-3-2-5-17-7-8/h2-7H,1H3,(H,18,20). The number of aromatic nitrogens is 2. The molecule has 0 bridgehead atoms. The second-order valence-electron chi connectivity index (χ2n) is 4.49. The average molecular weight is 380 g/mol. The summed E-state index contributed by atoms with van der Waals surface area (Å²) in [5.74, 6) is -0.942. The number of thiazole rings is 1. The second-order valence-corrected chi connectivity index (χ2v) is 6.76. The van der Waals surface area contributed by atoms with Gasteiger partial charge in [0.2, 0.25) is 0 Å². The van der Waals surface area contributed by atoms with Gasteiger partial charge in [-0.05, 0) is 23.6 Å². The predicted molar refractivity (Wildman–Crippen MR) is 94.0 cm³/mol. The van der Waals surface area contributed by atoms with E-state index in [0.717, 1.165) is 16.9 Å². The minimum atomic E-state index is -0.508. The zero-order valence-electron chi connectivity index (χ0n) is 12.3. The average Bonchev–Trinajstić information content (AvgIpc) is 3.21. The first-order chi connectivity index (χ1) is 11.6. The predicted octanol–water partition coefficient (Wildman–Crippen LogP) is 3.96. The normalized spacial score (nSPS) is 10.4. The maximum absolute atomic E-state index is 12.5. The Bertz CT molecular complexity index is 893. The highest BCUT2D eigenvalue weighted by Gasteiger charge is 2.21. The molecule has 3 rings (SSSR count). The fourth-order valence-corrected chi connectivity index (χ4v) is 3.84. The molecule has 0 aliphatic heterocycles. The molecule has 3 aromatic heterocycles. The summed E-state index contributed by atoms with van der Waals surface area (Å²) in [6, 6.07) is 5.24. The summed E-state index contributed by atoms with van der Waals surface area (Å²) in [6.45, 7) is 0. The summed E-state index contributed by atoms with van der Waals surface area (Å²) < 4.78 is 4.69. The number of nitrogens with zero attached hydrogens (tertiary/aromatic N) is 2. The van der Waals surface area contributed by atoms with Crippen molar-refractivity contribution in [1.82, 2.24) is 9.97 Å². The first kappa shape index (κ1) is 16.6. The van der Waals surface area contributed by atoms with Gasteiger partial charge in [0.05, 0.1) is 12.8 Å². The highest BCUT2D eigenvalue weighted by Crippen LogP contribution is 2.32. The van der Waals surface area contributed by atoms with Crippen molar-refractivity contribution in [2.75, 3.05) is 12.4 Å². The van der Waals surface area contributed by atoms with E-state index in [1.165, 1.54) is 18.4 Å². The zero-order valence-corrected chi connectivity index (χ0v) is 14.7. The summed E-state index contributed by atoms with van der Waals surface area (Å²) in [6.07, 6.45) is 3.29. The van der Waals surface area contributed by atoms with Crippen LogP contribution in [0.2, 0.25) is 5.15 Å².